The van der Waals surface area contributed by atoms with Crippen molar-refractivity contribution in [3.8, 4) is 39.5 Å². The number of nitrogens with zero attached hydrogens (tertiary/aromatic N) is 3. The maximum atomic E-state index is 15.8. The maximum absolute atomic E-state index is 15.8. The van der Waals surface area contributed by atoms with Gasteiger partial charge in [-0.1, -0.05) is 51.5 Å². The molecule has 5 aromatic rings. The van der Waals surface area contributed by atoms with Gasteiger partial charge in [0, 0.05) is 22.8 Å². The van der Waals surface area contributed by atoms with Crippen molar-refractivity contribution in [1.29, 1.82) is 0 Å². The first-order valence-corrected chi connectivity index (χ1v) is 17.1. The Kier molecular flexibility index (Phi) is 8.89. The van der Waals surface area contributed by atoms with Crippen molar-refractivity contribution < 1.29 is 49.4 Å². The van der Waals surface area contributed by atoms with Crippen LogP contribution in [0.2, 0.25) is 0 Å². The van der Waals surface area contributed by atoms with Crippen LogP contribution >= 0.6 is 22.6 Å². The number of rotatable bonds is 6. The number of fused-ring (bicyclic) bond motifs is 1. The number of anilines is 1. The third-order valence-electron chi connectivity index (χ3n) is 9.55. The third-order valence-corrected chi connectivity index (χ3v) is 11.2. The van der Waals surface area contributed by atoms with Crippen LogP contribution in [-0.4, -0.2) is 31.8 Å². The van der Waals surface area contributed by atoms with Crippen molar-refractivity contribution in [3.63, 3.8) is 0 Å². The molecule has 1 unspecified atom stereocenters. The Bertz CT molecular complexity index is 2280. The number of halogens is 8. The van der Waals surface area contributed by atoms with E-state index in [1.54, 1.807) is 25.1 Å². The first-order chi connectivity index (χ1) is 24.9. The fourth-order valence-electron chi connectivity index (χ4n) is 7.23. The van der Waals surface area contributed by atoms with Crippen LogP contribution in [0.1, 0.15) is 58.4 Å². The molecule has 1 aromatic heterocycles. The lowest BCUT2D eigenvalue weighted by Crippen LogP contribution is -2.38. The average Bonchev–Trinajstić information content (AvgIpc) is 3.76. The van der Waals surface area contributed by atoms with Gasteiger partial charge in [-0.25, -0.2) is 9.18 Å². The number of benzene rings is 4. The van der Waals surface area contributed by atoms with Crippen molar-refractivity contribution in [3.05, 3.63) is 106 Å². The number of nitrogens with two attached hydrogens (primary N) is 1. The van der Waals surface area contributed by atoms with Crippen LogP contribution in [0.25, 0.3) is 33.7 Å². The van der Waals surface area contributed by atoms with Crippen LogP contribution < -0.4 is 10.5 Å². The molecule has 4 aromatic carbocycles. The Hall–Kier alpha value is -4.87. The van der Waals surface area contributed by atoms with E-state index in [1.807, 2.05) is 22.6 Å². The van der Waals surface area contributed by atoms with E-state index in [0.29, 0.717) is 22.3 Å². The van der Waals surface area contributed by atoms with Gasteiger partial charge in [0.2, 0.25) is 5.89 Å². The minimum atomic E-state index is -4.77. The molecule has 276 valence electrons. The van der Waals surface area contributed by atoms with Crippen LogP contribution in [0, 0.1) is 19.7 Å². The number of hydrogen-bond acceptors (Lipinski definition) is 7. The third kappa shape index (κ3) is 6.44. The maximum Gasteiger partial charge on any atom is 0.416 e. The molecule has 2 N–H and O–H groups in total. The van der Waals surface area contributed by atoms with E-state index in [2.05, 4.69) is 10.2 Å². The van der Waals surface area contributed by atoms with Crippen LogP contribution in [0.3, 0.4) is 0 Å². The molecule has 3 heterocycles. The highest BCUT2D eigenvalue weighted by molar-refractivity contribution is 14.1. The van der Waals surface area contributed by atoms with Gasteiger partial charge in [-0.15, -0.1) is 5.10 Å². The molecule has 0 spiro atoms. The molecule has 2 aliphatic heterocycles. The van der Waals surface area contributed by atoms with Crippen LogP contribution in [0.4, 0.5) is 41.5 Å². The Labute approximate surface area is 311 Å². The van der Waals surface area contributed by atoms with E-state index in [0.717, 1.165) is 30.3 Å². The molecule has 0 bridgehead atoms. The lowest BCUT2D eigenvalue weighted by molar-refractivity contribution is -0.138. The van der Waals surface area contributed by atoms with E-state index < -0.39 is 51.1 Å². The van der Waals surface area contributed by atoms with Crippen molar-refractivity contribution in [2.75, 3.05) is 12.8 Å². The second kappa shape index (κ2) is 12.9. The fourth-order valence-corrected chi connectivity index (χ4v) is 8.56. The van der Waals surface area contributed by atoms with E-state index in [9.17, 15) is 31.1 Å². The summed E-state index contributed by atoms with van der Waals surface area (Å²) in [7, 11) is 1.29. The first-order valence-electron chi connectivity index (χ1n) is 16.1. The molecule has 2 fully saturated rings. The van der Waals surface area contributed by atoms with Gasteiger partial charge in [0.1, 0.15) is 15.1 Å². The number of carbonyl (C=O) groups excluding carboxylic acids is 1. The predicted molar refractivity (Wildman–Crippen MR) is 187 cm³/mol. The molecule has 0 radical (unpaired) electrons. The first kappa shape index (κ1) is 36.5. The predicted octanol–water partition coefficient (Wildman–Crippen LogP) is 10.6. The summed E-state index contributed by atoms with van der Waals surface area (Å²) in [5, 5.41) is 7.52. The molecule has 8 nitrogen and oxygen atoms in total. The Morgan fingerprint density at radius 3 is 2.25 bits per heavy atom. The van der Waals surface area contributed by atoms with Gasteiger partial charge in [0.25, 0.3) is 0 Å². The van der Waals surface area contributed by atoms with Gasteiger partial charge in [-0.2, -0.15) is 26.3 Å². The smallest absolute Gasteiger partial charge is 0.416 e. The molecular formula is C37H28F7IN4O4. The normalized spacial score (nSPS) is 20.1. The van der Waals surface area contributed by atoms with Crippen molar-refractivity contribution in [2.24, 2.45) is 0 Å². The molecular weight excluding hydrogens is 824 g/mol. The van der Waals surface area contributed by atoms with Crippen LogP contribution in [-0.2, 0) is 17.1 Å². The summed E-state index contributed by atoms with van der Waals surface area (Å²) >= 11 is 1.96. The van der Waals surface area contributed by atoms with Gasteiger partial charge in [0.15, 0.2) is 6.10 Å². The molecule has 0 aliphatic carbocycles. The Morgan fingerprint density at radius 2 is 1.60 bits per heavy atom. The van der Waals surface area contributed by atoms with Crippen molar-refractivity contribution in [2.45, 2.75) is 54.7 Å². The van der Waals surface area contributed by atoms with Gasteiger partial charge < -0.3 is 19.6 Å². The van der Waals surface area contributed by atoms with E-state index in [-0.39, 0.29) is 58.3 Å². The van der Waals surface area contributed by atoms with Gasteiger partial charge in [0.05, 0.1) is 24.3 Å². The number of nitrogen functional groups attached to an aromatic ring is 1. The number of ether oxygens (including phenoxy) is 2. The topological polar surface area (TPSA) is 104 Å². The largest absolute Gasteiger partial charge is 0.496 e. The number of amides is 1. The highest BCUT2D eigenvalue weighted by Crippen LogP contribution is 2.60. The monoisotopic (exact) mass is 852 g/mol. The highest BCUT2D eigenvalue weighted by atomic mass is 127. The SMILES string of the molecule is COc1cc(F)c(-c2ccc(-c3nnc(N)o3)cc2C)cc1-c1ccc(C(F)(F)F)cc1[C@@H]1CCC2(I)[C@@H](c3cc(C)cc(C(F)(F)F)c3)OC(=O)N12. The zero-order valence-corrected chi connectivity index (χ0v) is 30.2. The Balaban J connectivity index is 1.35. The molecule has 7 rings (SSSR count). The van der Waals surface area contributed by atoms with Crippen LogP contribution in [0.5, 0.6) is 5.75 Å². The van der Waals surface area contributed by atoms with E-state index in [1.165, 1.54) is 37.1 Å². The molecule has 16 heteroatoms. The highest BCUT2D eigenvalue weighted by Gasteiger charge is 2.61. The number of cyclic esters (lactones) is 1. The summed E-state index contributed by atoms with van der Waals surface area (Å²) in [5.74, 6) is -0.509. The van der Waals surface area contributed by atoms with E-state index >= 15 is 4.39 Å². The van der Waals surface area contributed by atoms with Crippen molar-refractivity contribution >= 4 is 34.7 Å². The molecule has 53 heavy (non-hydrogen) atoms. The average molecular weight is 853 g/mol. The second-order valence-electron chi connectivity index (χ2n) is 12.9. The van der Waals surface area contributed by atoms with Gasteiger partial charge >= 0.3 is 24.5 Å². The molecule has 0 saturated carbocycles. The zero-order chi connectivity index (χ0) is 38.2. The molecule has 3 atom stereocenters. The number of alkyl halides is 7. The molecule has 2 saturated heterocycles. The number of aromatic nitrogens is 2. The number of aryl methyl sites for hydroxylation is 2. The summed E-state index contributed by atoms with van der Waals surface area (Å²) in [6.45, 7) is 3.22. The Morgan fingerprint density at radius 1 is 0.887 bits per heavy atom. The molecule has 1 amide bonds. The minimum absolute atomic E-state index is 0.0166. The summed E-state index contributed by atoms with van der Waals surface area (Å²) in [4.78, 5) is 15.0. The summed E-state index contributed by atoms with van der Waals surface area (Å²) < 4.78 is 115. The number of methoxy groups -OCH3 is 1. The lowest BCUT2D eigenvalue weighted by atomic mass is 9.88. The van der Waals surface area contributed by atoms with E-state index in [4.69, 9.17) is 19.6 Å². The quantitative estimate of drug-likeness (QED) is 0.0785. The second-order valence-corrected chi connectivity index (χ2v) is 14.8. The number of carbonyl (C=O) groups is 1. The fraction of sp³-hybridized carbons (Fsp3) is 0.270. The van der Waals surface area contributed by atoms with Crippen molar-refractivity contribution in [1.82, 2.24) is 15.1 Å². The summed E-state index contributed by atoms with van der Waals surface area (Å²) in [6.07, 6.45) is -11.1. The summed E-state index contributed by atoms with van der Waals surface area (Å²) in [5.41, 5.74) is 6.28. The lowest BCUT2D eigenvalue weighted by Gasteiger charge is -2.31. The molecule has 2 aliphatic rings. The standard InChI is InChI=1S/C37H28F7IN4O4/c1-17-10-20(13-22(11-17)37(42,43)44)31-35(45)9-8-29(49(35)34(50)52-31)26-14-21(36(39,40)41)5-7-24(26)27-15-25(28(38)16-30(27)51-3)23-6-4-19(12-18(23)2)32-47-48-33(46)53-32/h4-7,10-16,29,31H,8-9H2,1-3H3,(H2,46,48)/t29-,31+,35?/m0/s1. The number of hydrogen-bond donors (Lipinski definition) is 1. The van der Waals surface area contributed by atoms with Gasteiger partial charge in [-0.05, 0) is 97.0 Å². The minimum Gasteiger partial charge on any atom is -0.496 e. The summed E-state index contributed by atoms with van der Waals surface area (Å²) in [6, 6.07) is 12.9. The van der Waals surface area contributed by atoms with Gasteiger partial charge in [-0.3, -0.25) is 4.90 Å². The van der Waals surface area contributed by atoms with Crippen LogP contribution in [0.15, 0.2) is 71.1 Å². The zero-order valence-electron chi connectivity index (χ0n) is 28.0.